The number of methoxy groups -OCH3 is 1. The number of hydrogen-bond acceptors (Lipinski definition) is 8. The van der Waals surface area contributed by atoms with Crippen LogP contribution < -0.4 is 16.1 Å². The fraction of sp³-hybridized carbons (Fsp3) is 0.524. The first-order chi connectivity index (χ1) is 15.4. The average molecular weight is 512 g/mol. The number of aliphatic hydroxyl groups is 2. The van der Waals surface area contributed by atoms with Crippen molar-refractivity contribution in [3.05, 3.63) is 61.8 Å². The molecule has 0 bridgehead atoms. The first kappa shape index (κ1) is 23.1. The van der Waals surface area contributed by atoms with Crippen molar-refractivity contribution in [2.75, 3.05) is 31.7 Å². The van der Waals surface area contributed by atoms with Crippen molar-refractivity contribution < 1.29 is 24.4 Å². The number of nitrogens with zero attached hydrogens (tertiary/aromatic N) is 2. The Kier molecular flexibility index (Phi) is 6.84. The number of rotatable bonds is 6. The van der Waals surface area contributed by atoms with Gasteiger partial charge in [0, 0.05) is 55.5 Å². The van der Waals surface area contributed by atoms with Crippen LogP contribution in [0.25, 0.3) is 0 Å². The van der Waals surface area contributed by atoms with Crippen molar-refractivity contribution in [3.8, 4) is 0 Å². The van der Waals surface area contributed by atoms with E-state index in [2.05, 4.69) is 25.8 Å². The fourth-order valence-electron chi connectivity index (χ4n) is 4.24. The van der Waals surface area contributed by atoms with Crippen molar-refractivity contribution in [2.45, 2.75) is 43.2 Å². The van der Waals surface area contributed by atoms with Crippen molar-refractivity contribution >= 4 is 21.6 Å². The maximum Gasteiger partial charge on any atom is 0.330 e. The molecule has 0 radical (unpaired) electrons. The van der Waals surface area contributed by atoms with Crippen molar-refractivity contribution in [2.24, 2.45) is 0 Å². The molecule has 0 saturated carbocycles. The Hall–Kier alpha value is -2.02. The van der Waals surface area contributed by atoms with Gasteiger partial charge in [-0.2, -0.15) is 0 Å². The van der Waals surface area contributed by atoms with Gasteiger partial charge >= 0.3 is 5.69 Å². The summed E-state index contributed by atoms with van der Waals surface area (Å²) in [5.74, 6) is -1.01. The van der Waals surface area contributed by atoms with Gasteiger partial charge in [0.25, 0.3) is 5.56 Å². The zero-order chi connectivity index (χ0) is 22.9. The Balaban J connectivity index is 1.55. The standard InChI is InChI=1S/C21H26BrN3O7/c1-30-21(6-9-24(10-7-21)14-4-2-3-13(22)11-14)32-18-17(28)15(12-26)31-19(18)25-8-5-16(27)23-20(25)29/h2-5,8,11,15,17-19,26,28H,6-7,9-10,12H2,1H3,(H,23,27,29)/t15-,17-,18-,19-/m1/s1. The Morgan fingerprint density at radius 1 is 1.28 bits per heavy atom. The molecule has 11 heteroatoms. The van der Waals surface area contributed by atoms with Crippen LogP contribution >= 0.6 is 15.9 Å². The lowest BCUT2D eigenvalue weighted by Gasteiger charge is -2.43. The third-order valence-electron chi connectivity index (χ3n) is 6.04. The maximum absolute atomic E-state index is 12.3. The van der Waals surface area contributed by atoms with Crippen LogP contribution in [0.4, 0.5) is 5.69 Å². The first-order valence-electron chi connectivity index (χ1n) is 10.4. The van der Waals surface area contributed by atoms with E-state index in [-0.39, 0.29) is 0 Å². The lowest BCUT2D eigenvalue weighted by molar-refractivity contribution is -0.276. The number of anilines is 1. The molecule has 1 aromatic carbocycles. The van der Waals surface area contributed by atoms with Crippen LogP contribution in [-0.4, -0.2) is 70.7 Å². The Labute approximate surface area is 192 Å². The second kappa shape index (κ2) is 9.46. The quantitative estimate of drug-likeness (QED) is 0.480. The number of piperidine rings is 1. The molecule has 0 spiro atoms. The van der Waals surface area contributed by atoms with Crippen LogP contribution in [0.2, 0.25) is 0 Å². The van der Waals surface area contributed by atoms with Gasteiger partial charge in [0.15, 0.2) is 12.0 Å². The summed E-state index contributed by atoms with van der Waals surface area (Å²) in [7, 11) is 1.54. The molecule has 32 heavy (non-hydrogen) atoms. The minimum absolute atomic E-state index is 0.452. The smallest absolute Gasteiger partial charge is 0.330 e. The predicted octanol–water partition coefficient (Wildman–Crippen LogP) is 0.578. The van der Waals surface area contributed by atoms with Crippen LogP contribution in [0, 0.1) is 0 Å². The molecular formula is C21H26BrN3O7. The molecule has 2 aromatic rings. The Bertz CT molecular complexity index is 1050. The highest BCUT2D eigenvalue weighted by atomic mass is 79.9. The number of aromatic nitrogens is 2. The minimum atomic E-state index is -1.20. The van der Waals surface area contributed by atoms with Gasteiger partial charge in [-0.3, -0.25) is 14.3 Å². The van der Waals surface area contributed by atoms with E-state index in [4.69, 9.17) is 14.2 Å². The van der Waals surface area contributed by atoms with Gasteiger partial charge in [-0.05, 0) is 18.2 Å². The molecule has 2 aliphatic rings. The number of benzene rings is 1. The normalized spacial score (nSPS) is 27.6. The average Bonchev–Trinajstić information content (AvgIpc) is 3.09. The largest absolute Gasteiger partial charge is 0.394 e. The van der Waals surface area contributed by atoms with Crippen LogP contribution in [-0.2, 0) is 14.2 Å². The molecule has 4 rings (SSSR count). The lowest BCUT2D eigenvalue weighted by Crippen LogP contribution is -2.52. The highest BCUT2D eigenvalue weighted by molar-refractivity contribution is 9.10. The van der Waals surface area contributed by atoms with E-state index in [1.54, 1.807) is 7.11 Å². The van der Waals surface area contributed by atoms with Gasteiger partial charge in [0.05, 0.1) is 6.61 Å². The van der Waals surface area contributed by atoms with Crippen molar-refractivity contribution in [3.63, 3.8) is 0 Å². The van der Waals surface area contributed by atoms with E-state index in [1.165, 1.54) is 12.3 Å². The SMILES string of the molecule is COC1(O[C@@H]2[C@H](O)[C@@H](CO)O[C@H]2n2ccc(=O)[nH]c2=O)CCN(c2cccc(Br)c2)CC1. The summed E-state index contributed by atoms with van der Waals surface area (Å²) in [5, 5.41) is 20.4. The first-order valence-corrected chi connectivity index (χ1v) is 11.1. The molecule has 0 unspecified atom stereocenters. The van der Waals surface area contributed by atoms with E-state index in [9.17, 15) is 19.8 Å². The molecule has 3 N–H and O–H groups in total. The fourth-order valence-corrected chi connectivity index (χ4v) is 4.63. The Morgan fingerprint density at radius 2 is 2.03 bits per heavy atom. The molecule has 0 aliphatic carbocycles. The number of H-pyrrole nitrogens is 1. The number of aromatic amines is 1. The van der Waals surface area contributed by atoms with Gasteiger partial charge in [0.2, 0.25) is 0 Å². The summed E-state index contributed by atoms with van der Waals surface area (Å²) in [6.07, 6.45) is -1.87. The summed E-state index contributed by atoms with van der Waals surface area (Å²) in [5.41, 5.74) is -0.168. The van der Waals surface area contributed by atoms with Gasteiger partial charge in [-0.1, -0.05) is 22.0 Å². The summed E-state index contributed by atoms with van der Waals surface area (Å²) < 4.78 is 19.9. The third-order valence-corrected chi connectivity index (χ3v) is 6.53. The summed E-state index contributed by atoms with van der Waals surface area (Å²) >= 11 is 3.49. The summed E-state index contributed by atoms with van der Waals surface area (Å²) in [4.78, 5) is 28.2. The van der Waals surface area contributed by atoms with Crippen LogP contribution in [0.1, 0.15) is 19.1 Å². The topological polar surface area (TPSA) is 126 Å². The number of halogens is 1. The zero-order valence-electron chi connectivity index (χ0n) is 17.5. The molecule has 174 valence electrons. The molecule has 2 fully saturated rings. The monoisotopic (exact) mass is 511 g/mol. The molecule has 0 amide bonds. The van der Waals surface area contributed by atoms with Crippen LogP contribution in [0.5, 0.6) is 0 Å². The minimum Gasteiger partial charge on any atom is -0.394 e. The Morgan fingerprint density at radius 3 is 2.66 bits per heavy atom. The van der Waals surface area contributed by atoms with E-state index in [0.29, 0.717) is 25.9 Å². The molecule has 3 heterocycles. The van der Waals surface area contributed by atoms with Gasteiger partial charge in [0.1, 0.15) is 18.3 Å². The second-order valence-electron chi connectivity index (χ2n) is 7.92. The number of hydrogen-bond donors (Lipinski definition) is 3. The number of nitrogens with one attached hydrogen (secondary N) is 1. The van der Waals surface area contributed by atoms with E-state index in [0.717, 1.165) is 14.7 Å². The predicted molar refractivity (Wildman–Crippen MR) is 119 cm³/mol. The molecule has 1 aromatic heterocycles. The molecule has 2 aliphatic heterocycles. The second-order valence-corrected chi connectivity index (χ2v) is 8.84. The van der Waals surface area contributed by atoms with E-state index in [1.807, 2.05) is 24.3 Å². The van der Waals surface area contributed by atoms with Crippen LogP contribution in [0.3, 0.4) is 0 Å². The highest BCUT2D eigenvalue weighted by Gasteiger charge is 2.50. The summed E-state index contributed by atoms with van der Waals surface area (Å²) in [6, 6.07) is 9.20. The van der Waals surface area contributed by atoms with Crippen molar-refractivity contribution in [1.82, 2.24) is 9.55 Å². The van der Waals surface area contributed by atoms with E-state index < -0.39 is 48.2 Å². The van der Waals surface area contributed by atoms with Gasteiger partial charge in [-0.25, -0.2) is 4.79 Å². The summed E-state index contributed by atoms with van der Waals surface area (Å²) in [6.45, 7) is 0.855. The number of aliphatic hydroxyl groups excluding tert-OH is 2. The molecule has 4 atom stereocenters. The lowest BCUT2D eigenvalue weighted by atomic mass is 10.0. The number of ether oxygens (including phenoxy) is 3. The van der Waals surface area contributed by atoms with Gasteiger partial charge in [-0.15, -0.1) is 0 Å². The van der Waals surface area contributed by atoms with E-state index >= 15 is 0 Å². The third kappa shape index (κ3) is 4.54. The van der Waals surface area contributed by atoms with Gasteiger partial charge < -0.3 is 29.3 Å². The molecule has 2 saturated heterocycles. The molecule has 10 nitrogen and oxygen atoms in total. The zero-order valence-corrected chi connectivity index (χ0v) is 19.1. The molecular weight excluding hydrogens is 486 g/mol. The van der Waals surface area contributed by atoms with Crippen molar-refractivity contribution in [1.29, 1.82) is 0 Å². The van der Waals surface area contributed by atoms with Crippen LogP contribution in [0.15, 0.2) is 50.6 Å². The highest BCUT2D eigenvalue weighted by Crippen LogP contribution is 2.38. The maximum atomic E-state index is 12.3.